The zero-order valence-corrected chi connectivity index (χ0v) is 30.2. The molecule has 2 amide bonds. The molecule has 0 bridgehead atoms. The molecule has 0 aromatic heterocycles. The van der Waals surface area contributed by atoms with Gasteiger partial charge >= 0.3 is 5.97 Å². The number of nitrogens with two attached hydrogens (primary N) is 1. The molecule has 49 heavy (non-hydrogen) atoms. The first kappa shape index (κ1) is 40.7. The molecule has 1 saturated carbocycles. The lowest BCUT2D eigenvalue weighted by Crippen LogP contribution is -2.55. The molecule has 278 valence electrons. The van der Waals surface area contributed by atoms with E-state index >= 15 is 0 Å². The van der Waals surface area contributed by atoms with Crippen LogP contribution in [-0.4, -0.2) is 105 Å². The first-order valence-electron chi connectivity index (χ1n) is 17.7. The number of amides is 2. The Morgan fingerprint density at radius 1 is 0.980 bits per heavy atom. The number of nitrogens with one attached hydrogen (secondary N) is 4. The maximum atomic E-state index is 12.8. The van der Waals surface area contributed by atoms with Gasteiger partial charge in [0.1, 0.15) is 29.5 Å². The third kappa shape index (κ3) is 11.9. The predicted molar refractivity (Wildman–Crippen MR) is 182 cm³/mol. The largest absolute Gasteiger partial charge is 0.460 e. The van der Waals surface area contributed by atoms with Gasteiger partial charge in [-0.15, -0.1) is 0 Å². The standard InChI is InChI=1S/C35H59N5O9/c1-22(2)13-14-27-34(5,49-27)32-31(46-6)26(15-16-35(32)21-47-35)48-29(44)12-10-8-7-9-11-17-38-28(43)20-37-18-24(41)25(42)19-39-33(45)30(40-36)23(3)4/h13,23,26-27,30-32,37,40H,7-12,14-21,36H2,1-6H3,(H,38,43)(H,39,45)/t26?,27-,30+,31?,32?,34?,35+/m1/s1. The Kier molecular flexibility index (Phi) is 15.8. The van der Waals surface area contributed by atoms with Gasteiger partial charge in [0.25, 0.3) is 0 Å². The maximum absolute atomic E-state index is 12.8. The molecule has 2 heterocycles. The molecule has 1 spiro atoms. The van der Waals surface area contributed by atoms with Gasteiger partial charge in [-0.1, -0.05) is 44.8 Å². The van der Waals surface area contributed by atoms with Crippen LogP contribution in [0.5, 0.6) is 0 Å². The minimum atomic E-state index is -0.764. The van der Waals surface area contributed by atoms with E-state index in [4.69, 9.17) is 24.8 Å². The Balaban J connectivity index is 1.23. The molecule has 4 unspecified atom stereocenters. The number of hydrazine groups is 1. The van der Waals surface area contributed by atoms with Crippen LogP contribution in [0.2, 0.25) is 0 Å². The first-order chi connectivity index (χ1) is 23.3. The lowest BCUT2D eigenvalue weighted by Gasteiger charge is -2.42. The lowest BCUT2D eigenvalue weighted by atomic mass is 9.68. The van der Waals surface area contributed by atoms with Gasteiger partial charge in [-0.3, -0.25) is 29.8 Å². The van der Waals surface area contributed by atoms with Crippen molar-refractivity contribution in [3.8, 4) is 0 Å². The molecule has 14 nitrogen and oxygen atoms in total. The van der Waals surface area contributed by atoms with Crippen molar-refractivity contribution in [2.45, 2.75) is 128 Å². The summed E-state index contributed by atoms with van der Waals surface area (Å²) < 4.78 is 24.2. The molecular weight excluding hydrogens is 634 g/mol. The number of Topliss-reactive ketones (excluding diaryl/α,β-unsaturated/α-hetero) is 2. The van der Waals surface area contributed by atoms with Crippen LogP contribution in [0.1, 0.15) is 92.4 Å². The van der Waals surface area contributed by atoms with Gasteiger partial charge < -0.3 is 34.9 Å². The molecule has 7 atom stereocenters. The minimum absolute atomic E-state index is 0.00139. The number of rotatable bonds is 23. The minimum Gasteiger partial charge on any atom is -0.460 e. The number of ketones is 2. The highest BCUT2D eigenvalue weighted by Gasteiger charge is 2.72. The van der Waals surface area contributed by atoms with Crippen molar-refractivity contribution in [1.82, 2.24) is 21.4 Å². The van der Waals surface area contributed by atoms with Crippen molar-refractivity contribution >= 4 is 29.4 Å². The third-order valence-electron chi connectivity index (χ3n) is 9.83. The van der Waals surface area contributed by atoms with E-state index in [9.17, 15) is 24.0 Å². The fraction of sp³-hybridized carbons (Fsp3) is 0.800. The van der Waals surface area contributed by atoms with Crippen LogP contribution in [0.4, 0.5) is 0 Å². The van der Waals surface area contributed by atoms with Gasteiger partial charge in [0.05, 0.1) is 38.3 Å². The Bertz CT molecular complexity index is 1190. The molecule has 0 radical (unpaired) electrons. The number of allylic oxidation sites excluding steroid dienone is 1. The zero-order chi connectivity index (χ0) is 36.2. The number of epoxide rings is 2. The molecule has 0 aromatic carbocycles. The van der Waals surface area contributed by atoms with Crippen molar-refractivity contribution in [3.05, 3.63) is 11.6 Å². The number of carbonyl (C=O) groups is 5. The summed E-state index contributed by atoms with van der Waals surface area (Å²) in [6, 6.07) is -0.678. The van der Waals surface area contributed by atoms with E-state index in [-0.39, 0.29) is 66.3 Å². The fourth-order valence-electron chi connectivity index (χ4n) is 6.85. The summed E-state index contributed by atoms with van der Waals surface area (Å²) in [6.45, 7) is 10.2. The van der Waals surface area contributed by atoms with Gasteiger partial charge in [0.2, 0.25) is 23.4 Å². The van der Waals surface area contributed by atoms with Gasteiger partial charge in [-0.05, 0) is 58.8 Å². The molecular formula is C35H59N5O9. The number of hydrogen-bond donors (Lipinski definition) is 5. The number of ether oxygens (including phenoxy) is 4. The van der Waals surface area contributed by atoms with Crippen LogP contribution in [0.3, 0.4) is 0 Å². The Morgan fingerprint density at radius 2 is 1.65 bits per heavy atom. The molecule has 3 fully saturated rings. The number of esters is 1. The molecule has 6 N–H and O–H groups in total. The Morgan fingerprint density at radius 3 is 2.29 bits per heavy atom. The number of hydrogen-bond acceptors (Lipinski definition) is 12. The smallest absolute Gasteiger partial charge is 0.306 e. The normalized spacial score (nSPS) is 27.7. The SMILES string of the molecule is COC1C(OC(=O)CCCCCCCNC(=O)CNCC(=O)C(=O)CNC(=O)[C@@H](NN)C(C)C)CC[C@]2(CO2)C1C1(C)O[C@@H]1CC=C(C)C. The van der Waals surface area contributed by atoms with Crippen molar-refractivity contribution in [2.24, 2.45) is 17.7 Å². The van der Waals surface area contributed by atoms with Crippen LogP contribution in [0.15, 0.2) is 11.6 Å². The van der Waals surface area contributed by atoms with Crippen molar-refractivity contribution in [2.75, 3.05) is 39.9 Å². The van der Waals surface area contributed by atoms with Crippen LogP contribution in [-0.2, 0) is 42.9 Å². The van der Waals surface area contributed by atoms with E-state index < -0.39 is 30.1 Å². The first-order valence-corrected chi connectivity index (χ1v) is 17.7. The van der Waals surface area contributed by atoms with Crippen LogP contribution >= 0.6 is 0 Å². The molecule has 2 aliphatic heterocycles. The molecule has 14 heteroatoms. The average Bonchev–Trinajstić information content (AvgIpc) is 3.97. The quantitative estimate of drug-likeness (QED) is 0.0196. The van der Waals surface area contributed by atoms with Crippen LogP contribution in [0.25, 0.3) is 0 Å². The molecule has 3 aliphatic rings. The second-order valence-electron chi connectivity index (χ2n) is 14.3. The highest BCUT2D eigenvalue weighted by Crippen LogP contribution is 2.59. The number of carbonyl (C=O) groups excluding carboxylic acids is 5. The number of methoxy groups -OCH3 is 1. The summed E-state index contributed by atoms with van der Waals surface area (Å²) in [7, 11) is 1.68. The maximum Gasteiger partial charge on any atom is 0.306 e. The summed E-state index contributed by atoms with van der Waals surface area (Å²) in [6.07, 6.45) is 8.59. The van der Waals surface area contributed by atoms with E-state index in [1.165, 1.54) is 5.57 Å². The molecule has 0 aromatic rings. The Hall–Kier alpha value is -2.75. The molecule has 1 aliphatic carbocycles. The summed E-state index contributed by atoms with van der Waals surface area (Å²) in [5.41, 5.74) is 3.01. The van der Waals surface area contributed by atoms with Crippen molar-refractivity contribution < 1.29 is 42.9 Å². The molecule has 3 rings (SSSR count). The average molecular weight is 694 g/mol. The predicted octanol–water partition coefficient (Wildman–Crippen LogP) is 1.39. The Labute approximate surface area is 290 Å². The second kappa shape index (κ2) is 19.0. The fourth-order valence-corrected chi connectivity index (χ4v) is 6.85. The third-order valence-corrected chi connectivity index (χ3v) is 9.83. The summed E-state index contributed by atoms with van der Waals surface area (Å²) >= 11 is 0. The topological polar surface area (TPSA) is 203 Å². The van der Waals surface area contributed by atoms with Gasteiger partial charge in [0.15, 0.2) is 0 Å². The van der Waals surface area contributed by atoms with Crippen molar-refractivity contribution in [1.29, 1.82) is 0 Å². The molecule has 2 saturated heterocycles. The van der Waals surface area contributed by atoms with Crippen LogP contribution in [0, 0.1) is 11.8 Å². The van der Waals surface area contributed by atoms with E-state index in [1.807, 2.05) is 0 Å². The van der Waals surface area contributed by atoms with E-state index in [2.05, 4.69) is 48.2 Å². The lowest BCUT2D eigenvalue weighted by molar-refractivity contribution is -0.172. The monoisotopic (exact) mass is 693 g/mol. The van der Waals surface area contributed by atoms with E-state index in [1.54, 1.807) is 21.0 Å². The highest BCUT2D eigenvalue weighted by atomic mass is 16.6. The summed E-state index contributed by atoms with van der Waals surface area (Å²) in [4.78, 5) is 60.9. The summed E-state index contributed by atoms with van der Waals surface area (Å²) in [5.74, 6) is 2.79. The van der Waals surface area contributed by atoms with E-state index in [0.717, 1.165) is 44.9 Å². The van der Waals surface area contributed by atoms with Crippen LogP contribution < -0.4 is 27.2 Å². The zero-order valence-electron chi connectivity index (χ0n) is 30.2. The number of unbranched alkanes of at least 4 members (excludes halogenated alkanes) is 4. The van der Waals surface area contributed by atoms with Gasteiger partial charge in [0, 0.05) is 20.1 Å². The van der Waals surface area contributed by atoms with Gasteiger partial charge in [-0.25, -0.2) is 5.43 Å². The second-order valence-corrected chi connectivity index (χ2v) is 14.3. The highest BCUT2D eigenvalue weighted by molar-refractivity contribution is 6.39. The van der Waals surface area contributed by atoms with Crippen molar-refractivity contribution in [3.63, 3.8) is 0 Å². The summed E-state index contributed by atoms with van der Waals surface area (Å²) in [5, 5.41) is 7.84. The van der Waals surface area contributed by atoms with Gasteiger partial charge in [-0.2, -0.15) is 0 Å². The van der Waals surface area contributed by atoms with E-state index in [0.29, 0.717) is 26.0 Å².